The molecular weight excluding hydrogens is 566 g/mol. The molecule has 238 valence electrons. The fraction of sp³-hybridized carbons (Fsp3) is 0.514. The van der Waals surface area contributed by atoms with Crippen molar-refractivity contribution in [2.24, 2.45) is 11.3 Å². The number of methoxy groups -OCH3 is 1. The van der Waals surface area contributed by atoms with E-state index in [1.54, 1.807) is 7.11 Å². The molecule has 8 nitrogen and oxygen atoms in total. The lowest BCUT2D eigenvalue weighted by atomic mass is 9.90. The van der Waals surface area contributed by atoms with Crippen molar-refractivity contribution in [1.29, 1.82) is 0 Å². The lowest BCUT2D eigenvalue weighted by Gasteiger charge is -2.38. The van der Waals surface area contributed by atoms with Crippen molar-refractivity contribution in [3.63, 3.8) is 0 Å². The Hall–Kier alpha value is -3.46. The number of carbonyl (C=O) groups is 1. The van der Waals surface area contributed by atoms with Crippen LogP contribution < -0.4 is 9.64 Å². The second kappa shape index (κ2) is 12.4. The van der Waals surface area contributed by atoms with E-state index in [1.165, 1.54) is 22.3 Å². The fourth-order valence-electron chi connectivity index (χ4n) is 8.22. The Labute approximate surface area is 266 Å². The molecule has 1 unspecified atom stereocenters. The van der Waals surface area contributed by atoms with E-state index in [0.717, 1.165) is 80.4 Å². The molecular formula is C37H45N3O5. The fourth-order valence-corrected chi connectivity index (χ4v) is 8.22. The monoisotopic (exact) mass is 611 g/mol. The molecule has 3 fully saturated rings. The van der Waals surface area contributed by atoms with E-state index in [2.05, 4.69) is 47.9 Å². The number of aromatic nitrogens is 1. The Kier molecular flexibility index (Phi) is 8.31. The number of aryl methyl sites for hydroxylation is 2. The van der Waals surface area contributed by atoms with E-state index in [9.17, 15) is 9.90 Å². The van der Waals surface area contributed by atoms with Crippen LogP contribution in [0.25, 0.3) is 11.3 Å². The average molecular weight is 612 g/mol. The SMILES string of the molecule is CCc1cc(COc2c(C)cccc2-c2cccc(N3C[C@@H]4C[C@]4(C(=O)O)C3COC)n2)cc2c1CN(C1CCOCC1)CC2. The summed E-state index contributed by atoms with van der Waals surface area (Å²) in [7, 11) is 1.64. The van der Waals surface area contributed by atoms with Gasteiger partial charge in [0.25, 0.3) is 0 Å². The van der Waals surface area contributed by atoms with Gasteiger partial charge in [-0.3, -0.25) is 9.69 Å². The molecule has 3 atom stereocenters. The van der Waals surface area contributed by atoms with Crippen molar-refractivity contribution in [2.75, 3.05) is 44.9 Å². The molecule has 1 aromatic heterocycles. The van der Waals surface area contributed by atoms with E-state index in [0.29, 0.717) is 32.2 Å². The highest BCUT2D eigenvalue weighted by molar-refractivity contribution is 5.82. The molecule has 0 amide bonds. The number of nitrogens with zero attached hydrogens (tertiary/aromatic N) is 3. The first-order valence-electron chi connectivity index (χ1n) is 16.6. The normalized spacial score (nSPS) is 24.7. The van der Waals surface area contributed by atoms with Crippen LogP contribution in [0.5, 0.6) is 5.75 Å². The summed E-state index contributed by atoms with van der Waals surface area (Å²) in [6.45, 7) is 9.76. The van der Waals surface area contributed by atoms with Crippen LogP contribution in [0.4, 0.5) is 5.82 Å². The minimum Gasteiger partial charge on any atom is -0.488 e. The van der Waals surface area contributed by atoms with E-state index < -0.39 is 11.4 Å². The van der Waals surface area contributed by atoms with Gasteiger partial charge in [0.1, 0.15) is 18.2 Å². The summed E-state index contributed by atoms with van der Waals surface area (Å²) < 4.78 is 17.8. The highest BCUT2D eigenvalue weighted by Crippen LogP contribution is 2.62. The average Bonchev–Trinajstić information content (AvgIpc) is 3.72. The number of fused-ring (bicyclic) bond motifs is 2. The van der Waals surface area contributed by atoms with Crippen molar-refractivity contribution >= 4 is 11.8 Å². The standard InChI is InChI=1S/C37H45N3O5/c1-4-26-17-25(18-27-11-14-39(21-31(26)27)29-12-15-44-16-13-29)22-45-35-24(2)7-5-8-30(35)32-9-6-10-34(38-32)40-20-28-19-37(28,36(41)42)33(40)23-43-3/h5-10,17-18,28-29,33H,4,11-16,19-23H2,1-3H3,(H,41,42)/t28-,33?,37+/m0/s1. The van der Waals surface area contributed by atoms with Crippen molar-refractivity contribution in [3.8, 4) is 17.0 Å². The zero-order chi connectivity index (χ0) is 31.1. The molecule has 0 bridgehead atoms. The number of carboxylic acid groups (broad SMARTS) is 1. The Morgan fingerprint density at radius 1 is 1.16 bits per heavy atom. The molecule has 1 N–H and O–H groups in total. The third-order valence-electron chi connectivity index (χ3n) is 10.8. The number of aliphatic carboxylic acids is 1. The van der Waals surface area contributed by atoms with Gasteiger partial charge in [-0.05, 0) is 91.0 Å². The van der Waals surface area contributed by atoms with E-state index in [-0.39, 0.29) is 12.0 Å². The van der Waals surface area contributed by atoms with E-state index >= 15 is 0 Å². The zero-order valence-electron chi connectivity index (χ0n) is 26.8. The van der Waals surface area contributed by atoms with Crippen LogP contribution in [-0.4, -0.2) is 73.1 Å². The predicted molar refractivity (Wildman–Crippen MR) is 174 cm³/mol. The number of carboxylic acids is 1. The second-order valence-corrected chi connectivity index (χ2v) is 13.3. The summed E-state index contributed by atoms with van der Waals surface area (Å²) in [5.74, 6) is 1.02. The lowest BCUT2D eigenvalue weighted by Crippen LogP contribution is -2.43. The maximum absolute atomic E-state index is 12.3. The minimum absolute atomic E-state index is 0.132. The Morgan fingerprint density at radius 3 is 2.76 bits per heavy atom. The van der Waals surface area contributed by atoms with Crippen LogP contribution >= 0.6 is 0 Å². The third kappa shape index (κ3) is 5.51. The first-order valence-corrected chi connectivity index (χ1v) is 16.6. The number of rotatable bonds is 10. The largest absolute Gasteiger partial charge is 0.488 e. The molecule has 4 heterocycles. The van der Waals surface area contributed by atoms with Gasteiger partial charge in [-0.2, -0.15) is 0 Å². The number of pyridine rings is 1. The lowest BCUT2D eigenvalue weighted by molar-refractivity contribution is -0.144. The summed E-state index contributed by atoms with van der Waals surface area (Å²) >= 11 is 0. The van der Waals surface area contributed by atoms with Crippen molar-refractivity contribution in [1.82, 2.24) is 9.88 Å². The van der Waals surface area contributed by atoms with Crippen molar-refractivity contribution in [2.45, 2.75) is 71.2 Å². The second-order valence-electron chi connectivity index (χ2n) is 13.3. The number of piperidine rings is 1. The maximum atomic E-state index is 12.3. The summed E-state index contributed by atoms with van der Waals surface area (Å²) in [6, 6.07) is 17.3. The predicted octanol–water partition coefficient (Wildman–Crippen LogP) is 5.66. The topological polar surface area (TPSA) is 84.4 Å². The van der Waals surface area contributed by atoms with Crippen molar-refractivity contribution in [3.05, 3.63) is 76.3 Å². The van der Waals surface area contributed by atoms with E-state index in [1.807, 2.05) is 24.3 Å². The van der Waals surface area contributed by atoms with Crippen LogP contribution in [0.15, 0.2) is 48.5 Å². The molecule has 7 rings (SSSR count). The van der Waals surface area contributed by atoms with Crippen LogP contribution in [0.2, 0.25) is 0 Å². The Balaban J connectivity index is 1.12. The zero-order valence-corrected chi connectivity index (χ0v) is 26.8. The quantitative estimate of drug-likeness (QED) is 0.315. The number of hydrogen-bond donors (Lipinski definition) is 1. The first kappa shape index (κ1) is 30.2. The number of para-hydroxylation sites is 1. The third-order valence-corrected chi connectivity index (χ3v) is 10.8. The van der Waals surface area contributed by atoms with Gasteiger partial charge in [0.2, 0.25) is 0 Å². The van der Waals surface area contributed by atoms with Crippen LogP contribution in [0, 0.1) is 18.3 Å². The summed E-state index contributed by atoms with van der Waals surface area (Å²) in [5, 5.41) is 10.1. The van der Waals surface area contributed by atoms with Gasteiger partial charge < -0.3 is 24.2 Å². The number of anilines is 1. The minimum atomic E-state index is -0.735. The molecule has 2 saturated heterocycles. The highest BCUT2D eigenvalue weighted by atomic mass is 16.5. The summed E-state index contributed by atoms with van der Waals surface area (Å²) in [6.07, 6.45) is 5.06. The molecule has 1 aliphatic carbocycles. The molecule has 0 spiro atoms. The van der Waals surface area contributed by atoms with Crippen LogP contribution in [0.1, 0.15) is 54.0 Å². The Bertz CT molecular complexity index is 1550. The van der Waals surface area contributed by atoms with Gasteiger partial charge in [-0.15, -0.1) is 0 Å². The van der Waals surface area contributed by atoms with Crippen LogP contribution in [-0.2, 0) is 40.3 Å². The van der Waals surface area contributed by atoms with Gasteiger partial charge in [-0.25, -0.2) is 4.98 Å². The molecule has 3 aliphatic heterocycles. The Morgan fingerprint density at radius 2 is 1.98 bits per heavy atom. The molecule has 8 heteroatoms. The number of hydrogen-bond acceptors (Lipinski definition) is 7. The molecule has 1 saturated carbocycles. The van der Waals surface area contributed by atoms with E-state index in [4.69, 9.17) is 19.2 Å². The molecule has 0 radical (unpaired) electrons. The molecule has 4 aliphatic rings. The maximum Gasteiger partial charge on any atom is 0.312 e. The highest BCUT2D eigenvalue weighted by Gasteiger charge is 2.71. The van der Waals surface area contributed by atoms with Gasteiger partial charge in [0, 0.05) is 51.6 Å². The number of benzene rings is 2. The van der Waals surface area contributed by atoms with Crippen LogP contribution in [0.3, 0.4) is 0 Å². The summed E-state index contributed by atoms with van der Waals surface area (Å²) in [4.78, 5) is 22.1. The van der Waals surface area contributed by atoms with Crippen molar-refractivity contribution < 1.29 is 24.1 Å². The molecule has 45 heavy (non-hydrogen) atoms. The smallest absolute Gasteiger partial charge is 0.312 e. The van der Waals surface area contributed by atoms with Gasteiger partial charge >= 0.3 is 5.97 Å². The first-order chi connectivity index (χ1) is 21.9. The van der Waals surface area contributed by atoms with Gasteiger partial charge in [0.05, 0.1) is 23.8 Å². The van der Waals surface area contributed by atoms with Gasteiger partial charge in [-0.1, -0.05) is 37.3 Å². The summed E-state index contributed by atoms with van der Waals surface area (Å²) in [5.41, 5.74) is 7.69. The van der Waals surface area contributed by atoms with Gasteiger partial charge in [0.15, 0.2) is 0 Å². The number of ether oxygens (including phenoxy) is 3. The molecule has 2 aromatic carbocycles. The molecule has 3 aromatic rings.